The molecule has 0 spiro atoms. The molecule has 1 heterocycles. The molecule has 2 aromatic carbocycles. The lowest BCUT2D eigenvalue weighted by Gasteiger charge is -2.26. The van der Waals surface area contributed by atoms with Crippen LogP contribution in [-0.4, -0.2) is 31.7 Å². The minimum Gasteiger partial charge on any atom is -0.348 e. The maximum atomic E-state index is 12.9. The fraction of sp³-hybridized carbons (Fsp3) is 0.435. The van der Waals surface area contributed by atoms with Crippen LogP contribution in [0.25, 0.3) is 0 Å². The van der Waals surface area contributed by atoms with Crippen molar-refractivity contribution in [3.8, 4) is 0 Å². The van der Waals surface area contributed by atoms with Crippen LogP contribution in [0.5, 0.6) is 0 Å². The molecule has 1 N–H and O–H groups in total. The second-order valence-corrected chi connectivity index (χ2v) is 9.42. The molecule has 0 unspecified atom stereocenters. The summed E-state index contributed by atoms with van der Waals surface area (Å²) in [6.07, 6.45) is 4.68. The van der Waals surface area contributed by atoms with Gasteiger partial charge in [0.1, 0.15) is 0 Å². The van der Waals surface area contributed by atoms with Crippen LogP contribution in [-0.2, 0) is 29.4 Å². The molecule has 0 bridgehead atoms. The van der Waals surface area contributed by atoms with Crippen molar-refractivity contribution in [2.75, 3.05) is 13.1 Å². The van der Waals surface area contributed by atoms with Crippen LogP contribution in [0.2, 0.25) is 0 Å². The Hall–Kier alpha value is -2.18. The van der Waals surface area contributed by atoms with Gasteiger partial charge in [-0.05, 0) is 60.6 Å². The van der Waals surface area contributed by atoms with E-state index in [1.165, 1.54) is 21.5 Å². The highest BCUT2D eigenvalue weighted by Crippen LogP contribution is 2.21. The van der Waals surface area contributed by atoms with Crippen LogP contribution in [0, 0.1) is 0 Å². The largest absolute Gasteiger partial charge is 0.348 e. The van der Waals surface area contributed by atoms with Crippen LogP contribution in [0.4, 0.5) is 0 Å². The van der Waals surface area contributed by atoms with Crippen molar-refractivity contribution in [3.05, 3.63) is 64.7 Å². The molecule has 1 fully saturated rings. The number of carbonyl (C=O) groups excluding carboxylic acids is 1. The van der Waals surface area contributed by atoms with E-state index < -0.39 is 10.0 Å². The summed E-state index contributed by atoms with van der Waals surface area (Å²) < 4.78 is 27.3. The number of piperidine rings is 1. The number of benzene rings is 2. The molecule has 6 heteroatoms. The normalized spacial score (nSPS) is 15.2. The Morgan fingerprint density at radius 3 is 2.41 bits per heavy atom. The third kappa shape index (κ3) is 5.06. The average molecular weight is 415 g/mol. The Bertz CT molecular complexity index is 964. The summed E-state index contributed by atoms with van der Waals surface area (Å²) >= 11 is 0. The molecule has 0 aliphatic carbocycles. The lowest BCUT2D eigenvalue weighted by atomic mass is 10.0. The maximum Gasteiger partial charge on any atom is 0.251 e. The van der Waals surface area contributed by atoms with Gasteiger partial charge in [0.15, 0.2) is 0 Å². The number of carbonyl (C=O) groups is 1. The molecule has 1 saturated heterocycles. The van der Waals surface area contributed by atoms with Crippen molar-refractivity contribution >= 4 is 15.9 Å². The summed E-state index contributed by atoms with van der Waals surface area (Å²) in [4.78, 5) is 12.9. The van der Waals surface area contributed by atoms with E-state index >= 15 is 0 Å². The van der Waals surface area contributed by atoms with Gasteiger partial charge in [0, 0.05) is 25.2 Å². The van der Waals surface area contributed by atoms with E-state index in [2.05, 4.69) is 37.4 Å². The Balaban J connectivity index is 1.75. The van der Waals surface area contributed by atoms with Gasteiger partial charge in [-0.3, -0.25) is 4.79 Å². The predicted octanol–water partition coefficient (Wildman–Crippen LogP) is 3.92. The van der Waals surface area contributed by atoms with Crippen molar-refractivity contribution < 1.29 is 13.2 Å². The highest BCUT2D eigenvalue weighted by atomic mass is 32.2. The zero-order valence-corrected chi connectivity index (χ0v) is 18.1. The first-order chi connectivity index (χ1) is 14.0. The van der Waals surface area contributed by atoms with E-state index in [1.54, 1.807) is 18.2 Å². The summed E-state index contributed by atoms with van der Waals surface area (Å²) in [6, 6.07) is 12.7. The van der Waals surface area contributed by atoms with Crippen LogP contribution >= 0.6 is 0 Å². The van der Waals surface area contributed by atoms with E-state index in [1.807, 2.05) is 0 Å². The highest BCUT2D eigenvalue weighted by Gasteiger charge is 2.26. The molecule has 1 aliphatic heterocycles. The van der Waals surface area contributed by atoms with Gasteiger partial charge >= 0.3 is 0 Å². The number of sulfonamides is 1. The fourth-order valence-corrected chi connectivity index (χ4v) is 5.30. The second-order valence-electron chi connectivity index (χ2n) is 7.49. The van der Waals surface area contributed by atoms with Crippen molar-refractivity contribution in [2.24, 2.45) is 0 Å². The molecular weight excluding hydrogens is 384 g/mol. The molecule has 156 valence electrons. The van der Waals surface area contributed by atoms with Crippen molar-refractivity contribution in [1.29, 1.82) is 0 Å². The van der Waals surface area contributed by atoms with E-state index in [0.717, 1.165) is 37.7 Å². The molecule has 29 heavy (non-hydrogen) atoms. The van der Waals surface area contributed by atoms with Crippen molar-refractivity contribution in [3.63, 3.8) is 0 Å². The first-order valence-electron chi connectivity index (χ1n) is 10.4. The third-order valence-corrected chi connectivity index (χ3v) is 7.44. The molecule has 0 aromatic heterocycles. The summed E-state index contributed by atoms with van der Waals surface area (Å²) in [5, 5.41) is 2.95. The number of nitrogens with zero attached hydrogens (tertiary/aromatic N) is 1. The van der Waals surface area contributed by atoms with Crippen LogP contribution in [0.15, 0.2) is 47.4 Å². The number of aryl methyl sites for hydroxylation is 2. The predicted molar refractivity (Wildman–Crippen MR) is 115 cm³/mol. The monoisotopic (exact) mass is 414 g/mol. The Kier molecular flexibility index (Phi) is 7.09. The fourth-order valence-electron chi connectivity index (χ4n) is 3.74. The summed E-state index contributed by atoms with van der Waals surface area (Å²) in [7, 11) is -3.55. The summed E-state index contributed by atoms with van der Waals surface area (Å²) in [5.41, 5.74) is 3.93. The molecule has 1 aliphatic rings. The smallest absolute Gasteiger partial charge is 0.251 e. The summed E-state index contributed by atoms with van der Waals surface area (Å²) in [5.74, 6) is -0.260. The van der Waals surface area contributed by atoms with E-state index in [9.17, 15) is 13.2 Å². The van der Waals surface area contributed by atoms with Crippen molar-refractivity contribution in [1.82, 2.24) is 9.62 Å². The topological polar surface area (TPSA) is 66.5 Å². The molecule has 0 saturated carbocycles. The number of hydrogen-bond acceptors (Lipinski definition) is 3. The molecule has 0 radical (unpaired) electrons. The van der Waals surface area contributed by atoms with Gasteiger partial charge in [0.25, 0.3) is 5.91 Å². The van der Waals surface area contributed by atoms with Gasteiger partial charge in [0.2, 0.25) is 10.0 Å². The van der Waals surface area contributed by atoms with Gasteiger partial charge in [-0.1, -0.05) is 44.5 Å². The lowest BCUT2D eigenvalue weighted by molar-refractivity contribution is 0.0950. The van der Waals surface area contributed by atoms with Crippen LogP contribution in [0.3, 0.4) is 0 Å². The van der Waals surface area contributed by atoms with Crippen LogP contribution < -0.4 is 5.32 Å². The molecule has 1 amide bonds. The Morgan fingerprint density at radius 2 is 1.72 bits per heavy atom. The molecule has 2 aromatic rings. The van der Waals surface area contributed by atoms with E-state index in [-0.39, 0.29) is 10.8 Å². The zero-order valence-electron chi connectivity index (χ0n) is 17.3. The average Bonchev–Trinajstić information content (AvgIpc) is 2.77. The molecule has 0 atom stereocenters. The second kappa shape index (κ2) is 9.55. The molecule has 5 nitrogen and oxygen atoms in total. The van der Waals surface area contributed by atoms with Gasteiger partial charge in [0.05, 0.1) is 4.90 Å². The first kappa shape index (κ1) is 21.5. The maximum absolute atomic E-state index is 12.9. The standard InChI is InChI=1S/C23H30N2O3S/c1-3-18-11-12-19(4-2)21(15-18)17-24-23(26)20-9-8-10-22(16-20)29(27,28)25-13-6-5-7-14-25/h8-12,15-16H,3-7,13-14,17H2,1-2H3,(H,24,26). The van der Waals surface area contributed by atoms with E-state index in [0.29, 0.717) is 25.2 Å². The molecular formula is C23H30N2O3S. The van der Waals surface area contributed by atoms with Gasteiger partial charge in [-0.15, -0.1) is 0 Å². The Morgan fingerprint density at radius 1 is 0.966 bits per heavy atom. The van der Waals surface area contributed by atoms with Crippen LogP contribution in [0.1, 0.15) is 60.2 Å². The first-order valence-corrected chi connectivity index (χ1v) is 11.9. The van der Waals surface area contributed by atoms with Gasteiger partial charge in [-0.2, -0.15) is 4.31 Å². The van der Waals surface area contributed by atoms with Gasteiger partial charge < -0.3 is 5.32 Å². The Labute approximate surface area is 174 Å². The molecule has 3 rings (SSSR count). The minimum absolute atomic E-state index is 0.189. The zero-order chi connectivity index (χ0) is 20.9. The quantitative estimate of drug-likeness (QED) is 0.747. The SMILES string of the molecule is CCc1ccc(CC)c(CNC(=O)c2cccc(S(=O)(=O)N3CCCCC3)c2)c1. The minimum atomic E-state index is -3.55. The third-order valence-electron chi connectivity index (χ3n) is 5.55. The number of amides is 1. The lowest BCUT2D eigenvalue weighted by Crippen LogP contribution is -2.35. The number of hydrogen-bond donors (Lipinski definition) is 1. The number of rotatable bonds is 7. The number of nitrogens with one attached hydrogen (secondary N) is 1. The summed E-state index contributed by atoms with van der Waals surface area (Å²) in [6.45, 7) is 5.73. The van der Waals surface area contributed by atoms with Crippen molar-refractivity contribution in [2.45, 2.75) is 57.4 Å². The highest BCUT2D eigenvalue weighted by molar-refractivity contribution is 7.89. The van der Waals surface area contributed by atoms with Gasteiger partial charge in [-0.25, -0.2) is 8.42 Å². The van der Waals surface area contributed by atoms with E-state index in [4.69, 9.17) is 0 Å².